The molecular weight excluding hydrogens is 200 g/mol. The van der Waals surface area contributed by atoms with Crippen LogP contribution in [0.5, 0.6) is 5.75 Å². The maximum atomic E-state index is 10.1. The zero-order valence-electron chi connectivity index (χ0n) is 10.9. The third-order valence-corrected chi connectivity index (χ3v) is 2.77. The van der Waals surface area contributed by atoms with Gasteiger partial charge in [-0.05, 0) is 55.0 Å². The molecular formula is C14H22O2. The van der Waals surface area contributed by atoms with Crippen LogP contribution in [0.15, 0.2) is 12.1 Å². The molecule has 0 bridgehead atoms. The number of hydrogen-bond acceptors (Lipinski definition) is 2. The van der Waals surface area contributed by atoms with Gasteiger partial charge in [0.1, 0.15) is 5.75 Å². The highest BCUT2D eigenvalue weighted by atomic mass is 16.5. The van der Waals surface area contributed by atoms with Gasteiger partial charge in [-0.15, -0.1) is 0 Å². The average molecular weight is 222 g/mol. The lowest BCUT2D eigenvalue weighted by Crippen LogP contribution is -2.03. The van der Waals surface area contributed by atoms with Gasteiger partial charge in [-0.3, -0.25) is 0 Å². The Morgan fingerprint density at radius 1 is 1.19 bits per heavy atom. The molecule has 0 amide bonds. The minimum atomic E-state index is -0.372. The lowest BCUT2D eigenvalue weighted by Gasteiger charge is -2.17. The Labute approximate surface area is 98.3 Å². The predicted molar refractivity (Wildman–Crippen MR) is 66.9 cm³/mol. The van der Waals surface area contributed by atoms with Crippen molar-refractivity contribution in [2.24, 2.45) is 5.92 Å². The predicted octanol–water partition coefficient (Wildman–Crippen LogP) is 3.39. The summed E-state index contributed by atoms with van der Waals surface area (Å²) < 4.78 is 5.31. The SMILES string of the molecule is COc1c(C)cc(C(O)CC(C)C)cc1C. The molecule has 2 nitrogen and oxygen atoms in total. The molecule has 0 aliphatic heterocycles. The summed E-state index contributed by atoms with van der Waals surface area (Å²) in [7, 11) is 1.68. The number of hydrogen-bond donors (Lipinski definition) is 1. The molecule has 0 aromatic heterocycles. The fourth-order valence-corrected chi connectivity index (χ4v) is 2.08. The van der Waals surface area contributed by atoms with Crippen molar-refractivity contribution in [1.82, 2.24) is 0 Å². The maximum absolute atomic E-state index is 10.1. The number of benzene rings is 1. The number of ether oxygens (including phenoxy) is 1. The van der Waals surface area contributed by atoms with Gasteiger partial charge in [0, 0.05) is 0 Å². The van der Waals surface area contributed by atoms with Crippen molar-refractivity contribution < 1.29 is 9.84 Å². The Hall–Kier alpha value is -1.02. The summed E-state index contributed by atoms with van der Waals surface area (Å²) in [6, 6.07) is 4.03. The molecule has 0 aliphatic rings. The Morgan fingerprint density at radius 3 is 2.06 bits per heavy atom. The van der Waals surface area contributed by atoms with E-state index in [9.17, 15) is 5.11 Å². The van der Waals surface area contributed by atoms with Crippen LogP contribution >= 0.6 is 0 Å². The molecule has 1 unspecified atom stereocenters. The van der Waals surface area contributed by atoms with Crippen molar-refractivity contribution in [2.75, 3.05) is 7.11 Å². The van der Waals surface area contributed by atoms with Crippen molar-refractivity contribution >= 4 is 0 Å². The molecule has 0 radical (unpaired) electrons. The summed E-state index contributed by atoms with van der Waals surface area (Å²) in [5.74, 6) is 1.42. The van der Waals surface area contributed by atoms with Crippen LogP contribution in [0.3, 0.4) is 0 Å². The standard InChI is InChI=1S/C14H22O2/c1-9(2)6-13(15)12-7-10(3)14(16-5)11(4)8-12/h7-9,13,15H,6H2,1-5H3. The first-order chi connectivity index (χ1) is 7.45. The fraction of sp³-hybridized carbons (Fsp3) is 0.571. The Morgan fingerprint density at radius 2 is 1.69 bits per heavy atom. The largest absolute Gasteiger partial charge is 0.496 e. The van der Waals surface area contributed by atoms with Crippen LogP contribution in [0.4, 0.5) is 0 Å². The van der Waals surface area contributed by atoms with Crippen LogP contribution in [-0.4, -0.2) is 12.2 Å². The Bertz CT molecular complexity index is 333. The fourth-order valence-electron chi connectivity index (χ4n) is 2.08. The second-order valence-electron chi connectivity index (χ2n) is 4.83. The van der Waals surface area contributed by atoms with E-state index in [1.165, 1.54) is 0 Å². The van der Waals surface area contributed by atoms with Crippen molar-refractivity contribution in [3.05, 3.63) is 28.8 Å². The smallest absolute Gasteiger partial charge is 0.124 e. The topological polar surface area (TPSA) is 29.5 Å². The summed E-state index contributed by atoms with van der Waals surface area (Å²) in [6.07, 6.45) is 0.425. The van der Waals surface area contributed by atoms with Crippen LogP contribution in [0.2, 0.25) is 0 Å². The number of aryl methyl sites for hydroxylation is 2. The molecule has 16 heavy (non-hydrogen) atoms. The summed E-state index contributed by atoms with van der Waals surface area (Å²) >= 11 is 0. The van der Waals surface area contributed by atoms with Crippen molar-refractivity contribution in [3.63, 3.8) is 0 Å². The lowest BCUT2D eigenvalue weighted by atomic mass is 9.96. The summed E-state index contributed by atoms with van der Waals surface area (Å²) in [4.78, 5) is 0. The second kappa shape index (κ2) is 5.35. The summed E-state index contributed by atoms with van der Waals surface area (Å²) in [5.41, 5.74) is 3.16. The minimum absolute atomic E-state index is 0.372. The maximum Gasteiger partial charge on any atom is 0.124 e. The third-order valence-electron chi connectivity index (χ3n) is 2.77. The van der Waals surface area contributed by atoms with E-state index in [2.05, 4.69) is 13.8 Å². The highest BCUT2D eigenvalue weighted by molar-refractivity contribution is 5.43. The van der Waals surface area contributed by atoms with Crippen LogP contribution in [0.1, 0.15) is 43.1 Å². The van der Waals surface area contributed by atoms with E-state index in [4.69, 9.17) is 4.74 Å². The molecule has 0 heterocycles. The van der Waals surface area contributed by atoms with Crippen LogP contribution in [0.25, 0.3) is 0 Å². The van der Waals surface area contributed by atoms with Gasteiger partial charge in [0.15, 0.2) is 0 Å². The highest BCUT2D eigenvalue weighted by Crippen LogP contribution is 2.29. The second-order valence-corrected chi connectivity index (χ2v) is 4.83. The Kier molecular flexibility index (Phi) is 4.36. The van der Waals surface area contributed by atoms with Crippen molar-refractivity contribution in [3.8, 4) is 5.75 Å². The summed E-state index contributed by atoms with van der Waals surface area (Å²) in [6.45, 7) is 8.26. The Balaban J connectivity index is 2.99. The van der Waals surface area contributed by atoms with E-state index in [1.54, 1.807) is 7.11 Å². The van der Waals surface area contributed by atoms with E-state index in [-0.39, 0.29) is 6.10 Å². The lowest BCUT2D eigenvalue weighted by molar-refractivity contribution is 0.151. The van der Waals surface area contributed by atoms with Gasteiger partial charge in [-0.1, -0.05) is 13.8 Å². The molecule has 0 saturated heterocycles. The molecule has 1 N–H and O–H groups in total. The summed E-state index contributed by atoms with van der Waals surface area (Å²) in [5, 5.41) is 10.1. The molecule has 1 aromatic rings. The first-order valence-electron chi connectivity index (χ1n) is 5.79. The highest BCUT2D eigenvalue weighted by Gasteiger charge is 2.13. The third kappa shape index (κ3) is 2.99. The quantitative estimate of drug-likeness (QED) is 0.846. The van der Waals surface area contributed by atoms with E-state index in [0.717, 1.165) is 28.9 Å². The van der Waals surface area contributed by atoms with Crippen LogP contribution in [0, 0.1) is 19.8 Å². The molecule has 0 saturated carbocycles. The molecule has 90 valence electrons. The van der Waals surface area contributed by atoms with E-state index in [0.29, 0.717) is 5.92 Å². The van der Waals surface area contributed by atoms with Gasteiger partial charge in [-0.25, -0.2) is 0 Å². The first-order valence-corrected chi connectivity index (χ1v) is 5.79. The molecule has 1 aromatic carbocycles. The molecule has 2 heteroatoms. The molecule has 0 fully saturated rings. The van der Waals surface area contributed by atoms with E-state index in [1.807, 2.05) is 26.0 Å². The van der Waals surface area contributed by atoms with Crippen LogP contribution in [-0.2, 0) is 0 Å². The zero-order chi connectivity index (χ0) is 12.3. The molecule has 1 rings (SSSR count). The monoisotopic (exact) mass is 222 g/mol. The van der Waals surface area contributed by atoms with Crippen LogP contribution < -0.4 is 4.74 Å². The van der Waals surface area contributed by atoms with Crippen molar-refractivity contribution in [2.45, 2.75) is 40.2 Å². The average Bonchev–Trinajstić information content (AvgIpc) is 2.16. The molecule has 0 spiro atoms. The van der Waals surface area contributed by atoms with Gasteiger partial charge in [0.25, 0.3) is 0 Å². The van der Waals surface area contributed by atoms with Crippen molar-refractivity contribution in [1.29, 1.82) is 0 Å². The zero-order valence-corrected chi connectivity index (χ0v) is 10.9. The number of rotatable bonds is 4. The number of aliphatic hydroxyl groups excluding tert-OH is 1. The first kappa shape index (κ1) is 13.0. The van der Waals surface area contributed by atoms with Gasteiger partial charge >= 0.3 is 0 Å². The molecule has 0 aliphatic carbocycles. The van der Waals surface area contributed by atoms with Gasteiger partial charge in [0.2, 0.25) is 0 Å². The normalized spacial score (nSPS) is 12.9. The van der Waals surface area contributed by atoms with Gasteiger partial charge in [0.05, 0.1) is 13.2 Å². The van der Waals surface area contributed by atoms with Gasteiger partial charge in [-0.2, -0.15) is 0 Å². The van der Waals surface area contributed by atoms with E-state index < -0.39 is 0 Å². The van der Waals surface area contributed by atoms with E-state index >= 15 is 0 Å². The number of methoxy groups -OCH3 is 1. The van der Waals surface area contributed by atoms with Gasteiger partial charge < -0.3 is 9.84 Å². The number of aliphatic hydroxyl groups is 1. The molecule has 1 atom stereocenters. The minimum Gasteiger partial charge on any atom is -0.496 e.